The lowest BCUT2D eigenvalue weighted by molar-refractivity contribution is 0.0989. The van der Waals surface area contributed by atoms with E-state index in [1.54, 1.807) is 30.7 Å². The van der Waals surface area contributed by atoms with Crippen LogP contribution < -0.4 is 21.1 Å². The minimum atomic E-state index is -0.186. The Morgan fingerprint density at radius 1 is 1.16 bits per heavy atom. The van der Waals surface area contributed by atoms with Crippen molar-refractivity contribution < 1.29 is 9.53 Å². The van der Waals surface area contributed by atoms with Crippen LogP contribution in [0.4, 0.5) is 11.4 Å². The van der Waals surface area contributed by atoms with Crippen molar-refractivity contribution in [2.45, 2.75) is 32.2 Å². The number of pyridine rings is 2. The summed E-state index contributed by atoms with van der Waals surface area (Å²) in [5, 5.41) is 0. The molecule has 4 heterocycles. The molecule has 4 N–H and O–H groups in total. The molecule has 1 atom stereocenters. The third kappa shape index (κ3) is 4.83. The normalized spacial score (nSPS) is 16.1. The maximum absolute atomic E-state index is 13.2. The van der Waals surface area contributed by atoms with Crippen LogP contribution >= 0.6 is 0 Å². The lowest BCUT2D eigenvalue weighted by Crippen LogP contribution is -2.43. The number of carbonyl (C=O) groups excluding carboxylic acids is 1. The Bertz CT molecular complexity index is 1110. The Morgan fingerprint density at radius 2 is 2.03 bits per heavy atom. The first kappa shape index (κ1) is 21.6. The van der Waals surface area contributed by atoms with E-state index < -0.39 is 0 Å². The zero-order chi connectivity index (χ0) is 22.5. The van der Waals surface area contributed by atoms with Gasteiger partial charge in [0.1, 0.15) is 11.4 Å². The summed E-state index contributed by atoms with van der Waals surface area (Å²) in [4.78, 5) is 32.7. The van der Waals surface area contributed by atoms with E-state index >= 15 is 0 Å². The summed E-state index contributed by atoms with van der Waals surface area (Å²) in [6, 6.07) is 5.44. The molecule has 0 amide bonds. The highest BCUT2D eigenvalue weighted by Crippen LogP contribution is 2.26. The van der Waals surface area contributed by atoms with Crippen molar-refractivity contribution in [1.29, 1.82) is 0 Å². The van der Waals surface area contributed by atoms with Gasteiger partial charge in [-0.15, -0.1) is 0 Å². The van der Waals surface area contributed by atoms with Crippen LogP contribution in [0.2, 0.25) is 0 Å². The molecule has 166 valence electrons. The average Bonchev–Trinajstić information content (AvgIpc) is 2.80. The highest BCUT2D eigenvalue weighted by molar-refractivity contribution is 6.01. The van der Waals surface area contributed by atoms with Crippen molar-refractivity contribution in [3.63, 3.8) is 0 Å². The molecule has 9 heteroatoms. The van der Waals surface area contributed by atoms with E-state index in [1.165, 1.54) is 6.20 Å². The fourth-order valence-corrected chi connectivity index (χ4v) is 3.87. The largest absolute Gasteiger partial charge is 0.477 e. The van der Waals surface area contributed by atoms with Gasteiger partial charge in [0, 0.05) is 49.2 Å². The third-order valence-electron chi connectivity index (χ3n) is 5.39. The van der Waals surface area contributed by atoms with Crippen LogP contribution in [-0.2, 0) is 6.42 Å². The van der Waals surface area contributed by atoms with Crippen molar-refractivity contribution in [3.8, 4) is 17.3 Å². The quantitative estimate of drug-likeness (QED) is 0.538. The van der Waals surface area contributed by atoms with Crippen molar-refractivity contribution in [2.24, 2.45) is 5.73 Å². The van der Waals surface area contributed by atoms with E-state index in [0.717, 1.165) is 37.2 Å². The molecule has 4 rings (SSSR count). The Balaban J connectivity index is 1.60. The molecule has 1 aliphatic rings. The minimum Gasteiger partial charge on any atom is -0.477 e. The average molecular weight is 434 g/mol. The number of aromatic nitrogens is 4. The summed E-state index contributed by atoms with van der Waals surface area (Å²) in [5.41, 5.74) is 15.6. The Kier molecular flexibility index (Phi) is 6.55. The Morgan fingerprint density at radius 3 is 2.84 bits per heavy atom. The first-order valence-electron chi connectivity index (χ1n) is 10.7. The van der Waals surface area contributed by atoms with E-state index in [1.807, 2.05) is 13.0 Å². The number of rotatable bonds is 7. The molecule has 1 saturated heterocycles. The Hall–Kier alpha value is -3.59. The van der Waals surface area contributed by atoms with Crippen LogP contribution in [0.1, 0.15) is 35.8 Å². The van der Waals surface area contributed by atoms with Gasteiger partial charge in [-0.2, -0.15) is 0 Å². The van der Waals surface area contributed by atoms with Crippen molar-refractivity contribution in [2.75, 3.05) is 30.3 Å². The zero-order valence-electron chi connectivity index (χ0n) is 18.1. The number of anilines is 2. The highest BCUT2D eigenvalue weighted by Gasteiger charge is 2.22. The van der Waals surface area contributed by atoms with E-state index in [9.17, 15) is 4.79 Å². The van der Waals surface area contributed by atoms with Crippen LogP contribution in [0, 0.1) is 0 Å². The smallest absolute Gasteiger partial charge is 0.232 e. The van der Waals surface area contributed by atoms with E-state index in [0.29, 0.717) is 29.6 Å². The van der Waals surface area contributed by atoms with Gasteiger partial charge in [0.2, 0.25) is 5.88 Å². The molecule has 0 radical (unpaired) electrons. The summed E-state index contributed by atoms with van der Waals surface area (Å²) in [5.74, 6) is 0.213. The molecule has 0 aromatic carbocycles. The summed E-state index contributed by atoms with van der Waals surface area (Å²) in [6.07, 6.45) is 8.75. The molecule has 3 aromatic heterocycles. The molecule has 0 bridgehead atoms. The SMILES string of the molecule is CCOc1cncc(-c2ccc(N)c(C(=O)Cc3cnccc3N3CCC[C@H](N)C3)n2)n1. The molecule has 32 heavy (non-hydrogen) atoms. The van der Waals surface area contributed by atoms with Gasteiger partial charge in [0.25, 0.3) is 0 Å². The zero-order valence-corrected chi connectivity index (χ0v) is 18.1. The van der Waals surface area contributed by atoms with Crippen LogP contribution in [-0.4, -0.2) is 51.5 Å². The predicted molar refractivity (Wildman–Crippen MR) is 123 cm³/mol. The number of piperidine rings is 1. The standard InChI is InChI=1S/C23H27N7O2/c1-2-32-22-13-27-12-19(28-22)18-6-5-17(25)23(29-18)21(31)10-15-11-26-8-7-20(15)30-9-3-4-16(24)14-30/h5-8,11-13,16H,2-4,9-10,14,24-25H2,1H3/t16-/m0/s1. The molecule has 0 unspecified atom stereocenters. The van der Waals surface area contributed by atoms with Gasteiger partial charge < -0.3 is 21.1 Å². The number of nitrogen functional groups attached to an aromatic ring is 1. The monoisotopic (exact) mass is 433 g/mol. The second kappa shape index (κ2) is 9.69. The molecular formula is C23H27N7O2. The minimum absolute atomic E-state index is 0.128. The topological polar surface area (TPSA) is 133 Å². The maximum atomic E-state index is 13.2. The lowest BCUT2D eigenvalue weighted by atomic mass is 10.0. The fourth-order valence-electron chi connectivity index (χ4n) is 3.87. The van der Waals surface area contributed by atoms with Gasteiger partial charge in [-0.05, 0) is 38.0 Å². The fraction of sp³-hybridized carbons (Fsp3) is 0.348. The van der Waals surface area contributed by atoms with Crippen molar-refractivity contribution in [1.82, 2.24) is 19.9 Å². The highest BCUT2D eigenvalue weighted by atomic mass is 16.5. The maximum Gasteiger partial charge on any atom is 0.232 e. The Labute approximate surface area is 186 Å². The molecule has 1 fully saturated rings. The molecule has 0 spiro atoms. The molecule has 1 aliphatic heterocycles. The number of nitrogens with two attached hydrogens (primary N) is 2. The molecule has 9 nitrogen and oxygen atoms in total. The number of carbonyl (C=O) groups is 1. The van der Waals surface area contributed by atoms with E-state index in [4.69, 9.17) is 16.2 Å². The lowest BCUT2D eigenvalue weighted by Gasteiger charge is -2.33. The number of ether oxygens (including phenoxy) is 1. The van der Waals surface area contributed by atoms with Crippen LogP contribution in [0.25, 0.3) is 11.4 Å². The summed E-state index contributed by atoms with van der Waals surface area (Å²) >= 11 is 0. The first-order chi connectivity index (χ1) is 15.5. The van der Waals surface area contributed by atoms with Crippen LogP contribution in [0.3, 0.4) is 0 Å². The number of Topliss-reactive ketones (excluding diaryl/α,β-unsaturated/α-hetero) is 1. The van der Waals surface area contributed by atoms with E-state index in [-0.39, 0.29) is 23.9 Å². The number of nitrogens with zero attached hydrogens (tertiary/aromatic N) is 5. The number of ketones is 1. The second-order valence-corrected chi connectivity index (χ2v) is 7.76. The molecular weight excluding hydrogens is 406 g/mol. The first-order valence-corrected chi connectivity index (χ1v) is 10.7. The summed E-state index contributed by atoms with van der Waals surface area (Å²) in [6.45, 7) is 4.02. The number of hydrogen-bond donors (Lipinski definition) is 2. The van der Waals surface area contributed by atoms with Gasteiger partial charge in [-0.3, -0.25) is 14.8 Å². The van der Waals surface area contributed by atoms with E-state index in [2.05, 4.69) is 24.8 Å². The van der Waals surface area contributed by atoms with Gasteiger partial charge in [0.15, 0.2) is 5.78 Å². The van der Waals surface area contributed by atoms with Crippen LogP contribution in [0.5, 0.6) is 5.88 Å². The molecule has 3 aromatic rings. The van der Waals surface area contributed by atoms with Gasteiger partial charge in [0.05, 0.1) is 30.4 Å². The number of hydrogen-bond acceptors (Lipinski definition) is 9. The van der Waals surface area contributed by atoms with Crippen molar-refractivity contribution >= 4 is 17.2 Å². The van der Waals surface area contributed by atoms with Crippen LogP contribution in [0.15, 0.2) is 43.0 Å². The van der Waals surface area contributed by atoms with Gasteiger partial charge in [-0.25, -0.2) is 9.97 Å². The molecule has 0 saturated carbocycles. The molecule has 0 aliphatic carbocycles. The van der Waals surface area contributed by atoms with Gasteiger partial charge in [-0.1, -0.05) is 0 Å². The summed E-state index contributed by atoms with van der Waals surface area (Å²) < 4.78 is 5.41. The summed E-state index contributed by atoms with van der Waals surface area (Å²) in [7, 11) is 0. The van der Waals surface area contributed by atoms with Gasteiger partial charge >= 0.3 is 0 Å². The second-order valence-electron chi connectivity index (χ2n) is 7.76. The van der Waals surface area contributed by atoms with Crippen molar-refractivity contribution in [3.05, 3.63) is 54.2 Å². The third-order valence-corrected chi connectivity index (χ3v) is 5.39. The predicted octanol–water partition coefficient (Wildman–Crippen LogP) is 2.27.